The molecule has 7 heteroatoms. The molecule has 7 nitrogen and oxygen atoms in total. The van der Waals surface area contributed by atoms with Gasteiger partial charge in [0.15, 0.2) is 0 Å². The molecule has 10 atom stereocenters. The van der Waals surface area contributed by atoms with Crippen LogP contribution in [0.15, 0.2) is 12.2 Å². The zero-order valence-electron chi connectivity index (χ0n) is 34.8. The van der Waals surface area contributed by atoms with Crippen LogP contribution in [0, 0.1) is 46.3 Å². The second-order valence-corrected chi connectivity index (χ2v) is 18.8. The van der Waals surface area contributed by atoms with Crippen LogP contribution in [0.1, 0.15) is 182 Å². The van der Waals surface area contributed by atoms with Crippen LogP contribution in [0.4, 0.5) is 0 Å². The maximum Gasteiger partial charge on any atom is 0.220 e. The molecule has 1 unspecified atom stereocenters. The fourth-order valence-corrected chi connectivity index (χ4v) is 12.0. The van der Waals surface area contributed by atoms with Crippen molar-refractivity contribution in [3.8, 4) is 0 Å². The molecule has 306 valence electrons. The fraction of sp³-hybridized carbons (Fsp3) is 0.913. The van der Waals surface area contributed by atoms with Crippen LogP contribution >= 0.6 is 0 Å². The Bertz CT molecular complexity index is 1100. The number of hydrogen-bond acceptors (Lipinski definition) is 5. The lowest BCUT2D eigenvalue weighted by Gasteiger charge is -2.62. The standard InChI is InChI=1S/C46H83N3O4/c1-5-6-7-8-9-10-11-12-13-14-15-16-17-18-19-20-42(52)48-31-29-47-30-32-49-43(53)24-21-35(2)38-22-23-39-44-40(26-28-46(38,39)4)45(3)27-25-37(50)33-36(45)34-41(44)51/h12-13,35-41,44,47,50-51H,5-11,14-34H2,1-4H3,(H,48,52)(H,49,53)/b13-12-/t35-,36+,37-,38?,39+,40+,41-,44+,45+,46-/m1/s1. The first-order chi connectivity index (χ1) is 25.6. The molecule has 0 aromatic rings. The van der Waals surface area contributed by atoms with Crippen LogP contribution < -0.4 is 16.0 Å². The number of carbonyl (C=O) groups is 2. The Hall–Kier alpha value is -1.44. The van der Waals surface area contributed by atoms with Crippen molar-refractivity contribution in [1.82, 2.24) is 16.0 Å². The number of carbonyl (C=O) groups excluding carboxylic acids is 2. The highest BCUT2D eigenvalue weighted by Gasteiger charge is 2.62. The van der Waals surface area contributed by atoms with E-state index < -0.39 is 0 Å². The highest BCUT2D eigenvalue weighted by atomic mass is 16.3. The summed E-state index contributed by atoms with van der Waals surface area (Å²) < 4.78 is 0. The van der Waals surface area contributed by atoms with E-state index in [0.717, 1.165) is 44.9 Å². The molecule has 0 radical (unpaired) electrons. The lowest BCUT2D eigenvalue weighted by atomic mass is 9.43. The van der Waals surface area contributed by atoms with Gasteiger partial charge < -0.3 is 26.2 Å². The van der Waals surface area contributed by atoms with Crippen LogP contribution in [0.25, 0.3) is 0 Å². The molecule has 4 fully saturated rings. The lowest BCUT2D eigenvalue weighted by Crippen LogP contribution is -2.58. The third-order valence-corrected chi connectivity index (χ3v) is 15.2. The van der Waals surface area contributed by atoms with E-state index in [4.69, 9.17) is 0 Å². The predicted octanol–water partition coefficient (Wildman–Crippen LogP) is 9.25. The van der Waals surface area contributed by atoms with Crippen LogP contribution in [-0.4, -0.2) is 60.4 Å². The summed E-state index contributed by atoms with van der Waals surface area (Å²) in [6.07, 6.45) is 31.5. The molecule has 5 N–H and O–H groups in total. The number of allylic oxidation sites excluding steroid dienone is 2. The Morgan fingerprint density at radius 3 is 1.96 bits per heavy atom. The van der Waals surface area contributed by atoms with Gasteiger partial charge in [-0.15, -0.1) is 0 Å². The van der Waals surface area contributed by atoms with Crippen LogP contribution in [0.5, 0.6) is 0 Å². The molecule has 2 amide bonds. The Balaban J connectivity index is 0.978. The van der Waals surface area contributed by atoms with Crippen molar-refractivity contribution in [3.05, 3.63) is 12.2 Å². The first kappa shape index (κ1) is 44.3. The van der Waals surface area contributed by atoms with E-state index in [9.17, 15) is 19.8 Å². The number of aliphatic hydroxyl groups is 2. The maximum atomic E-state index is 12.8. The van der Waals surface area contributed by atoms with Gasteiger partial charge in [0.2, 0.25) is 11.8 Å². The highest BCUT2D eigenvalue weighted by Crippen LogP contribution is 2.68. The second kappa shape index (κ2) is 23.0. The molecule has 0 aromatic carbocycles. The monoisotopic (exact) mass is 742 g/mol. The van der Waals surface area contributed by atoms with Gasteiger partial charge in [0, 0.05) is 39.0 Å². The van der Waals surface area contributed by atoms with Crippen LogP contribution in [0.2, 0.25) is 0 Å². The Kier molecular flexibility index (Phi) is 19.2. The Morgan fingerprint density at radius 1 is 0.698 bits per heavy atom. The summed E-state index contributed by atoms with van der Waals surface area (Å²) in [5.41, 5.74) is 0.511. The molecule has 4 saturated carbocycles. The molecule has 4 aliphatic rings. The molecule has 0 heterocycles. The van der Waals surface area contributed by atoms with E-state index in [0.29, 0.717) is 74.5 Å². The van der Waals surface area contributed by atoms with Gasteiger partial charge in [0.05, 0.1) is 12.2 Å². The largest absolute Gasteiger partial charge is 0.393 e. The van der Waals surface area contributed by atoms with Crippen molar-refractivity contribution in [2.24, 2.45) is 46.3 Å². The summed E-state index contributed by atoms with van der Waals surface area (Å²) in [6.45, 7) is 12.3. The van der Waals surface area contributed by atoms with Crippen LogP contribution in [-0.2, 0) is 9.59 Å². The average Bonchev–Trinajstić information content (AvgIpc) is 3.49. The van der Waals surface area contributed by atoms with Gasteiger partial charge in [0.25, 0.3) is 0 Å². The normalized spacial score (nSPS) is 32.9. The van der Waals surface area contributed by atoms with Gasteiger partial charge >= 0.3 is 0 Å². The van der Waals surface area contributed by atoms with Gasteiger partial charge in [-0.2, -0.15) is 0 Å². The zero-order chi connectivity index (χ0) is 38.1. The number of fused-ring (bicyclic) bond motifs is 5. The number of amides is 2. The Morgan fingerprint density at radius 2 is 1.28 bits per heavy atom. The minimum atomic E-state index is -0.236. The quantitative estimate of drug-likeness (QED) is 0.0474. The summed E-state index contributed by atoms with van der Waals surface area (Å²) in [4.78, 5) is 25.0. The van der Waals surface area contributed by atoms with E-state index in [1.165, 1.54) is 96.3 Å². The van der Waals surface area contributed by atoms with Crippen molar-refractivity contribution in [2.75, 3.05) is 26.2 Å². The molecule has 0 spiro atoms. The first-order valence-corrected chi connectivity index (χ1v) is 22.8. The smallest absolute Gasteiger partial charge is 0.220 e. The second-order valence-electron chi connectivity index (χ2n) is 18.8. The van der Waals surface area contributed by atoms with Crippen molar-refractivity contribution >= 4 is 11.8 Å². The minimum absolute atomic E-state index is 0.136. The number of aliphatic hydroxyl groups excluding tert-OH is 2. The Labute approximate surface area is 325 Å². The molecule has 0 saturated heterocycles. The molecule has 0 aromatic heterocycles. The zero-order valence-corrected chi connectivity index (χ0v) is 34.8. The number of rotatable bonds is 25. The lowest BCUT2D eigenvalue weighted by molar-refractivity contribution is -0.174. The van der Waals surface area contributed by atoms with E-state index in [2.05, 4.69) is 55.8 Å². The molecule has 53 heavy (non-hydrogen) atoms. The van der Waals surface area contributed by atoms with Crippen molar-refractivity contribution in [2.45, 2.75) is 194 Å². The summed E-state index contributed by atoms with van der Waals surface area (Å²) in [6, 6.07) is 0. The third-order valence-electron chi connectivity index (χ3n) is 15.2. The minimum Gasteiger partial charge on any atom is -0.393 e. The maximum absolute atomic E-state index is 12.8. The van der Waals surface area contributed by atoms with Gasteiger partial charge in [-0.25, -0.2) is 0 Å². The van der Waals surface area contributed by atoms with Gasteiger partial charge in [-0.3, -0.25) is 9.59 Å². The van der Waals surface area contributed by atoms with Crippen molar-refractivity contribution < 1.29 is 19.8 Å². The summed E-state index contributed by atoms with van der Waals surface area (Å²) in [7, 11) is 0. The van der Waals surface area contributed by atoms with E-state index in [1.54, 1.807) is 0 Å². The van der Waals surface area contributed by atoms with Crippen LogP contribution in [0.3, 0.4) is 0 Å². The third kappa shape index (κ3) is 13.1. The molecule has 0 bridgehead atoms. The predicted molar refractivity (Wildman–Crippen MR) is 219 cm³/mol. The summed E-state index contributed by atoms with van der Waals surface area (Å²) in [5.74, 6) is 3.38. The molecule has 4 rings (SSSR count). The van der Waals surface area contributed by atoms with E-state index in [-0.39, 0.29) is 34.9 Å². The summed E-state index contributed by atoms with van der Waals surface area (Å²) >= 11 is 0. The van der Waals surface area contributed by atoms with Gasteiger partial charge in [-0.05, 0) is 136 Å². The number of unbranched alkanes of at least 4 members (excludes halogenated alkanes) is 11. The molecular formula is C46H83N3O4. The molecule has 4 aliphatic carbocycles. The van der Waals surface area contributed by atoms with Gasteiger partial charge in [0.1, 0.15) is 0 Å². The average molecular weight is 742 g/mol. The SMILES string of the molecule is CCCCCCCC/C=C\CCCCCCCC(=O)NCCNCCNC(=O)CC[C@@H](C)C1CC[C@H]2[C@@H]3[C@H](O)C[C@@H]4C[C@H](O)CC[C@]4(C)[C@H]3CC[C@]12C. The molecule has 0 aliphatic heterocycles. The molecular weight excluding hydrogens is 659 g/mol. The number of hydrogen-bond donors (Lipinski definition) is 5. The van der Waals surface area contributed by atoms with E-state index in [1.807, 2.05) is 0 Å². The van der Waals surface area contributed by atoms with Crippen molar-refractivity contribution in [3.63, 3.8) is 0 Å². The highest BCUT2D eigenvalue weighted by molar-refractivity contribution is 5.76. The fourth-order valence-electron chi connectivity index (χ4n) is 12.0. The van der Waals surface area contributed by atoms with Gasteiger partial charge in [-0.1, -0.05) is 91.2 Å². The summed E-state index contributed by atoms with van der Waals surface area (Å²) in [5, 5.41) is 31.4. The topological polar surface area (TPSA) is 111 Å². The van der Waals surface area contributed by atoms with Crippen molar-refractivity contribution in [1.29, 1.82) is 0 Å². The van der Waals surface area contributed by atoms with E-state index >= 15 is 0 Å². The number of nitrogens with one attached hydrogen (secondary N) is 3. The first-order valence-electron chi connectivity index (χ1n) is 22.8.